The molecule has 0 aliphatic carbocycles. The van der Waals surface area contributed by atoms with Gasteiger partial charge >= 0.3 is 5.97 Å². The minimum atomic E-state index is -0.551. The lowest BCUT2D eigenvalue weighted by molar-refractivity contribution is -0.157. The Morgan fingerprint density at radius 3 is 1.90 bits per heavy atom. The van der Waals surface area contributed by atoms with Crippen LogP contribution >= 0.6 is 0 Å². The third-order valence-electron chi connectivity index (χ3n) is 3.46. The number of carbonyl (C=O) groups is 1. The molecular weight excluding hydrogens is 264 g/mol. The molecule has 3 nitrogen and oxygen atoms in total. The molecule has 0 aromatic heterocycles. The molecule has 0 amide bonds. The van der Waals surface area contributed by atoms with Crippen LogP contribution < -0.4 is 0 Å². The molecule has 0 unspecified atom stereocenters. The fourth-order valence-corrected chi connectivity index (χ4v) is 2.37. The van der Waals surface area contributed by atoms with Gasteiger partial charge in [-0.25, -0.2) is 0 Å². The van der Waals surface area contributed by atoms with Crippen LogP contribution in [-0.4, -0.2) is 22.8 Å². The monoisotopic (exact) mass is 300 g/mol. The van der Waals surface area contributed by atoms with Crippen LogP contribution in [0.15, 0.2) is 0 Å². The zero-order valence-corrected chi connectivity index (χ0v) is 14.6. The Bertz CT molecular complexity index is 256. The van der Waals surface area contributed by atoms with Crippen molar-refractivity contribution in [3.05, 3.63) is 0 Å². The van der Waals surface area contributed by atoms with Crippen LogP contribution in [0.1, 0.15) is 98.3 Å². The molecule has 0 saturated carbocycles. The van der Waals surface area contributed by atoms with Gasteiger partial charge in [0.2, 0.25) is 0 Å². The van der Waals surface area contributed by atoms with Gasteiger partial charge in [-0.3, -0.25) is 4.79 Å². The SMILES string of the molecule is CCCCCCCCCCC[C@H](O)CC(=O)OC(C)(C)C. The number of esters is 1. The van der Waals surface area contributed by atoms with E-state index in [4.69, 9.17) is 4.74 Å². The lowest BCUT2D eigenvalue weighted by Crippen LogP contribution is -2.26. The summed E-state index contributed by atoms with van der Waals surface area (Å²) in [6.07, 6.45) is 11.7. The van der Waals surface area contributed by atoms with E-state index in [0.717, 1.165) is 12.8 Å². The van der Waals surface area contributed by atoms with Crippen LogP contribution in [-0.2, 0) is 9.53 Å². The van der Waals surface area contributed by atoms with Gasteiger partial charge in [0.1, 0.15) is 5.60 Å². The van der Waals surface area contributed by atoms with E-state index < -0.39 is 11.7 Å². The number of carbonyl (C=O) groups excluding carboxylic acids is 1. The van der Waals surface area contributed by atoms with E-state index in [1.807, 2.05) is 20.8 Å². The highest BCUT2D eigenvalue weighted by Gasteiger charge is 2.18. The molecule has 0 aliphatic rings. The van der Waals surface area contributed by atoms with E-state index in [-0.39, 0.29) is 12.4 Å². The van der Waals surface area contributed by atoms with Crippen LogP contribution in [0.4, 0.5) is 0 Å². The van der Waals surface area contributed by atoms with Gasteiger partial charge in [-0.1, -0.05) is 64.7 Å². The normalized spacial score (nSPS) is 13.2. The number of aliphatic hydroxyl groups excluding tert-OH is 1. The van der Waals surface area contributed by atoms with Crippen LogP contribution in [0.2, 0.25) is 0 Å². The second kappa shape index (κ2) is 12.0. The van der Waals surface area contributed by atoms with Crippen molar-refractivity contribution in [2.24, 2.45) is 0 Å². The average Bonchev–Trinajstić information content (AvgIpc) is 2.34. The quantitative estimate of drug-likeness (QED) is 0.407. The maximum absolute atomic E-state index is 11.5. The minimum absolute atomic E-state index is 0.119. The zero-order valence-electron chi connectivity index (χ0n) is 14.6. The second-order valence-corrected chi connectivity index (χ2v) is 7.06. The highest BCUT2D eigenvalue weighted by molar-refractivity contribution is 5.70. The third-order valence-corrected chi connectivity index (χ3v) is 3.46. The molecule has 0 bridgehead atoms. The Labute approximate surface area is 131 Å². The van der Waals surface area contributed by atoms with E-state index in [1.165, 1.54) is 44.9 Å². The summed E-state index contributed by atoms with van der Waals surface area (Å²) in [6.45, 7) is 7.77. The molecule has 1 atom stereocenters. The van der Waals surface area contributed by atoms with Crippen molar-refractivity contribution < 1.29 is 14.6 Å². The first kappa shape index (κ1) is 20.4. The Hall–Kier alpha value is -0.570. The van der Waals surface area contributed by atoms with Crippen molar-refractivity contribution in [2.75, 3.05) is 0 Å². The molecule has 0 rings (SSSR count). The number of ether oxygens (including phenoxy) is 1. The summed E-state index contributed by atoms with van der Waals surface area (Å²) >= 11 is 0. The molecular formula is C18H36O3. The van der Waals surface area contributed by atoms with Crippen LogP contribution in [0, 0.1) is 0 Å². The van der Waals surface area contributed by atoms with Gasteiger partial charge < -0.3 is 9.84 Å². The second-order valence-electron chi connectivity index (χ2n) is 7.06. The Balaban J connectivity index is 3.41. The number of hydrogen-bond donors (Lipinski definition) is 1. The lowest BCUT2D eigenvalue weighted by Gasteiger charge is -2.20. The number of aliphatic hydroxyl groups is 1. The molecule has 126 valence electrons. The fraction of sp³-hybridized carbons (Fsp3) is 0.944. The number of rotatable bonds is 12. The molecule has 0 radical (unpaired) electrons. The largest absolute Gasteiger partial charge is 0.460 e. The molecule has 21 heavy (non-hydrogen) atoms. The molecule has 0 fully saturated rings. The average molecular weight is 300 g/mol. The van der Waals surface area contributed by atoms with Gasteiger partial charge in [0, 0.05) is 0 Å². The first-order valence-electron chi connectivity index (χ1n) is 8.75. The van der Waals surface area contributed by atoms with Gasteiger partial charge in [-0.15, -0.1) is 0 Å². The van der Waals surface area contributed by atoms with Crippen LogP contribution in [0.3, 0.4) is 0 Å². The van der Waals surface area contributed by atoms with Gasteiger partial charge in [0.05, 0.1) is 12.5 Å². The predicted octanol–water partition coefficient (Wildman–Crippen LogP) is 5.00. The predicted molar refractivity (Wildman–Crippen MR) is 88.3 cm³/mol. The van der Waals surface area contributed by atoms with Crippen molar-refractivity contribution in [2.45, 2.75) is 110 Å². The summed E-state index contributed by atoms with van der Waals surface area (Å²) in [5, 5.41) is 9.82. The van der Waals surface area contributed by atoms with Gasteiger partial charge in [0.25, 0.3) is 0 Å². The smallest absolute Gasteiger partial charge is 0.308 e. The Morgan fingerprint density at radius 1 is 0.952 bits per heavy atom. The summed E-state index contributed by atoms with van der Waals surface area (Å²) in [5.74, 6) is -0.300. The topological polar surface area (TPSA) is 46.5 Å². The molecule has 0 heterocycles. The Kier molecular flexibility index (Phi) is 11.7. The minimum Gasteiger partial charge on any atom is -0.460 e. The van der Waals surface area contributed by atoms with Crippen LogP contribution in [0.5, 0.6) is 0 Å². The molecule has 0 aromatic rings. The maximum atomic E-state index is 11.5. The van der Waals surface area contributed by atoms with E-state index in [9.17, 15) is 9.90 Å². The summed E-state index contributed by atoms with van der Waals surface area (Å²) in [7, 11) is 0. The maximum Gasteiger partial charge on any atom is 0.308 e. The molecule has 0 spiro atoms. The van der Waals surface area contributed by atoms with Crippen molar-refractivity contribution in [3.63, 3.8) is 0 Å². The van der Waals surface area contributed by atoms with Gasteiger partial charge in [-0.05, 0) is 27.2 Å². The number of unbranched alkanes of at least 4 members (excludes halogenated alkanes) is 8. The van der Waals surface area contributed by atoms with E-state index in [2.05, 4.69) is 6.92 Å². The molecule has 0 aromatic carbocycles. The van der Waals surface area contributed by atoms with Crippen molar-refractivity contribution >= 4 is 5.97 Å². The zero-order chi connectivity index (χ0) is 16.1. The van der Waals surface area contributed by atoms with Crippen molar-refractivity contribution in [1.29, 1.82) is 0 Å². The fourth-order valence-electron chi connectivity index (χ4n) is 2.37. The molecule has 0 saturated heterocycles. The van der Waals surface area contributed by atoms with Crippen molar-refractivity contribution in [3.8, 4) is 0 Å². The van der Waals surface area contributed by atoms with E-state index in [1.54, 1.807) is 0 Å². The third kappa shape index (κ3) is 15.6. The molecule has 3 heteroatoms. The number of hydrogen-bond acceptors (Lipinski definition) is 3. The summed E-state index contributed by atoms with van der Waals surface area (Å²) in [6, 6.07) is 0. The highest BCUT2D eigenvalue weighted by atomic mass is 16.6. The van der Waals surface area contributed by atoms with E-state index >= 15 is 0 Å². The molecule has 0 aliphatic heterocycles. The highest BCUT2D eigenvalue weighted by Crippen LogP contribution is 2.14. The van der Waals surface area contributed by atoms with Crippen LogP contribution in [0.25, 0.3) is 0 Å². The van der Waals surface area contributed by atoms with Gasteiger partial charge in [0.15, 0.2) is 0 Å². The standard InChI is InChI=1S/C18H36O3/c1-5-6-7-8-9-10-11-12-13-14-16(19)15-17(20)21-18(2,3)4/h16,19H,5-15H2,1-4H3/t16-/m0/s1. The summed E-state index contributed by atoms with van der Waals surface area (Å²) in [5.41, 5.74) is -0.464. The first-order valence-corrected chi connectivity index (χ1v) is 8.75. The van der Waals surface area contributed by atoms with Crippen molar-refractivity contribution in [1.82, 2.24) is 0 Å². The van der Waals surface area contributed by atoms with Gasteiger partial charge in [-0.2, -0.15) is 0 Å². The Morgan fingerprint density at radius 2 is 1.43 bits per heavy atom. The lowest BCUT2D eigenvalue weighted by atomic mass is 10.0. The summed E-state index contributed by atoms with van der Waals surface area (Å²) < 4.78 is 5.20. The first-order chi connectivity index (χ1) is 9.85. The van der Waals surface area contributed by atoms with E-state index in [0.29, 0.717) is 6.42 Å². The molecule has 1 N–H and O–H groups in total. The summed E-state index contributed by atoms with van der Waals surface area (Å²) in [4.78, 5) is 11.5.